The first kappa shape index (κ1) is 25.0. The van der Waals surface area contributed by atoms with Gasteiger partial charge in [-0.1, -0.05) is 86.3 Å². The van der Waals surface area contributed by atoms with Gasteiger partial charge in [0.15, 0.2) is 0 Å². The van der Waals surface area contributed by atoms with Gasteiger partial charge in [0.1, 0.15) is 0 Å². The van der Waals surface area contributed by atoms with Gasteiger partial charge in [0.25, 0.3) is 0 Å². The highest BCUT2D eigenvalue weighted by Gasteiger charge is 2.46. The molecular formula is C28H53N. The molecule has 170 valence electrons. The van der Waals surface area contributed by atoms with E-state index in [1.807, 2.05) is 0 Å². The molecule has 8 atom stereocenters. The summed E-state index contributed by atoms with van der Waals surface area (Å²) in [4.78, 5) is 0. The quantitative estimate of drug-likeness (QED) is 0.362. The third-order valence-corrected chi connectivity index (χ3v) is 9.83. The molecule has 29 heavy (non-hydrogen) atoms. The Bertz CT molecular complexity index is 510. The highest BCUT2D eigenvalue weighted by molar-refractivity contribution is 5.07. The van der Waals surface area contributed by atoms with E-state index in [0.717, 1.165) is 29.6 Å². The topological polar surface area (TPSA) is 12.0 Å². The van der Waals surface area contributed by atoms with E-state index in [0.29, 0.717) is 16.9 Å². The van der Waals surface area contributed by atoms with Crippen molar-refractivity contribution in [2.75, 3.05) is 7.05 Å². The van der Waals surface area contributed by atoms with E-state index in [9.17, 15) is 0 Å². The second-order valence-electron chi connectivity index (χ2n) is 11.4. The minimum atomic E-state index is 0.512. The summed E-state index contributed by atoms with van der Waals surface area (Å²) in [6.45, 7) is 17.4. The van der Waals surface area contributed by atoms with Crippen LogP contribution in [-0.4, -0.2) is 13.1 Å². The lowest BCUT2D eigenvalue weighted by atomic mass is 9.59. The molecule has 0 bridgehead atoms. The van der Waals surface area contributed by atoms with Gasteiger partial charge in [-0.15, -0.1) is 0 Å². The molecule has 2 aliphatic carbocycles. The van der Waals surface area contributed by atoms with E-state index >= 15 is 0 Å². The van der Waals surface area contributed by atoms with Crippen LogP contribution in [0.3, 0.4) is 0 Å². The molecule has 0 aliphatic heterocycles. The summed E-state index contributed by atoms with van der Waals surface area (Å²) in [7, 11) is 2.16. The van der Waals surface area contributed by atoms with E-state index in [4.69, 9.17) is 0 Å². The molecule has 2 fully saturated rings. The van der Waals surface area contributed by atoms with Crippen molar-refractivity contribution in [3.63, 3.8) is 0 Å². The summed E-state index contributed by atoms with van der Waals surface area (Å²) in [6, 6.07) is 0.698. The van der Waals surface area contributed by atoms with Crippen molar-refractivity contribution >= 4 is 0 Å². The number of hydrogen-bond donors (Lipinski definition) is 1. The van der Waals surface area contributed by atoms with Gasteiger partial charge in [0.2, 0.25) is 0 Å². The summed E-state index contributed by atoms with van der Waals surface area (Å²) in [5.41, 5.74) is 1.03. The van der Waals surface area contributed by atoms with Crippen molar-refractivity contribution in [1.29, 1.82) is 0 Å². The number of hydrogen-bond acceptors (Lipinski definition) is 1. The first-order valence-electron chi connectivity index (χ1n) is 13.1. The molecule has 0 spiro atoms. The van der Waals surface area contributed by atoms with Gasteiger partial charge in [0, 0.05) is 6.04 Å². The molecule has 2 aliphatic rings. The Morgan fingerprint density at radius 3 is 2.38 bits per heavy atom. The molecule has 0 aromatic heterocycles. The smallest absolute Gasteiger partial charge is 0.00928 e. The lowest BCUT2D eigenvalue weighted by molar-refractivity contribution is 0.0407. The van der Waals surface area contributed by atoms with E-state index in [2.05, 4.69) is 73.0 Å². The lowest BCUT2D eigenvalue weighted by Gasteiger charge is -2.48. The summed E-state index contributed by atoms with van der Waals surface area (Å²) >= 11 is 0. The number of rotatable bonds is 10. The normalized spacial score (nSPS) is 41.9. The third kappa shape index (κ3) is 5.31. The van der Waals surface area contributed by atoms with Crippen molar-refractivity contribution in [2.45, 2.75) is 119 Å². The average Bonchev–Trinajstić information content (AvgIpc) is 3.01. The minimum Gasteiger partial charge on any atom is -0.317 e. The van der Waals surface area contributed by atoms with Crippen LogP contribution in [0.25, 0.3) is 0 Å². The van der Waals surface area contributed by atoms with Crippen molar-refractivity contribution < 1.29 is 0 Å². The molecule has 2 rings (SSSR count). The molecule has 0 amide bonds. The fourth-order valence-electron chi connectivity index (χ4n) is 7.69. The molecule has 1 N–H and O–H groups in total. The Labute approximate surface area is 183 Å². The summed E-state index contributed by atoms with van der Waals surface area (Å²) < 4.78 is 0. The third-order valence-electron chi connectivity index (χ3n) is 9.83. The van der Waals surface area contributed by atoms with Crippen molar-refractivity contribution in [3.8, 4) is 0 Å². The zero-order valence-electron chi connectivity index (χ0n) is 21.2. The highest BCUT2D eigenvalue weighted by atomic mass is 14.9. The van der Waals surface area contributed by atoms with Crippen molar-refractivity contribution in [3.05, 3.63) is 12.2 Å². The maximum absolute atomic E-state index is 3.61. The highest BCUT2D eigenvalue weighted by Crippen LogP contribution is 2.55. The van der Waals surface area contributed by atoms with Crippen LogP contribution < -0.4 is 5.32 Å². The Balaban J connectivity index is 2.12. The second kappa shape index (κ2) is 10.8. The molecule has 2 saturated carbocycles. The second-order valence-corrected chi connectivity index (χ2v) is 11.4. The SMILES string of the molecule is CCCC(C)C1CCC(/C=C/CC2C(C)C(NC)CCC2(C)CC)C1(C)CCC. The summed E-state index contributed by atoms with van der Waals surface area (Å²) in [6.07, 6.45) is 18.9. The van der Waals surface area contributed by atoms with Crippen LogP contribution in [0, 0.1) is 40.4 Å². The summed E-state index contributed by atoms with van der Waals surface area (Å²) in [5.74, 6) is 4.17. The van der Waals surface area contributed by atoms with Crippen LogP contribution in [0.2, 0.25) is 0 Å². The standard InChI is InChI=1S/C28H53N/c1-9-13-21(4)24-17-16-23(28(24,7)19-10-2)14-12-15-25-22(5)26(29-8)18-20-27(25,6)11-3/h12,14,21-26,29H,9-11,13,15-20H2,1-8H3/b14-12+. The van der Waals surface area contributed by atoms with Gasteiger partial charge in [-0.05, 0) is 86.0 Å². The van der Waals surface area contributed by atoms with Crippen LogP contribution in [-0.2, 0) is 0 Å². The molecule has 0 aromatic rings. The van der Waals surface area contributed by atoms with Gasteiger partial charge in [0.05, 0.1) is 0 Å². The zero-order valence-corrected chi connectivity index (χ0v) is 21.2. The van der Waals surface area contributed by atoms with Gasteiger partial charge in [-0.3, -0.25) is 0 Å². The fraction of sp³-hybridized carbons (Fsp3) is 0.929. The lowest BCUT2D eigenvalue weighted by Crippen LogP contribution is -2.47. The minimum absolute atomic E-state index is 0.512. The molecule has 0 radical (unpaired) electrons. The Morgan fingerprint density at radius 2 is 1.79 bits per heavy atom. The van der Waals surface area contributed by atoms with E-state index in [1.54, 1.807) is 0 Å². The first-order valence-corrected chi connectivity index (χ1v) is 13.1. The maximum atomic E-state index is 3.61. The van der Waals surface area contributed by atoms with Crippen LogP contribution in [0.1, 0.15) is 113 Å². The molecule has 8 unspecified atom stereocenters. The van der Waals surface area contributed by atoms with Gasteiger partial charge in [-0.2, -0.15) is 0 Å². The molecule has 1 nitrogen and oxygen atoms in total. The molecule has 0 heterocycles. The molecule has 0 aromatic carbocycles. The van der Waals surface area contributed by atoms with Crippen molar-refractivity contribution in [1.82, 2.24) is 5.32 Å². The van der Waals surface area contributed by atoms with Crippen LogP contribution in [0.15, 0.2) is 12.2 Å². The van der Waals surface area contributed by atoms with Gasteiger partial charge in [-0.25, -0.2) is 0 Å². The van der Waals surface area contributed by atoms with Crippen LogP contribution in [0.4, 0.5) is 0 Å². The summed E-state index contributed by atoms with van der Waals surface area (Å²) in [5, 5.41) is 3.61. The fourth-order valence-corrected chi connectivity index (χ4v) is 7.69. The van der Waals surface area contributed by atoms with Gasteiger partial charge >= 0.3 is 0 Å². The number of nitrogens with one attached hydrogen (secondary N) is 1. The van der Waals surface area contributed by atoms with Crippen molar-refractivity contribution in [2.24, 2.45) is 40.4 Å². The maximum Gasteiger partial charge on any atom is 0.00928 e. The van der Waals surface area contributed by atoms with E-state index < -0.39 is 0 Å². The van der Waals surface area contributed by atoms with E-state index in [1.165, 1.54) is 64.2 Å². The zero-order chi connectivity index (χ0) is 21.7. The Hall–Kier alpha value is -0.300. The Kier molecular flexibility index (Phi) is 9.32. The van der Waals surface area contributed by atoms with Crippen LogP contribution in [0.5, 0.6) is 0 Å². The average molecular weight is 404 g/mol. The van der Waals surface area contributed by atoms with Gasteiger partial charge < -0.3 is 5.32 Å². The largest absolute Gasteiger partial charge is 0.317 e. The predicted octanol–water partition coefficient (Wildman–Crippen LogP) is 8.25. The predicted molar refractivity (Wildman–Crippen MR) is 130 cm³/mol. The van der Waals surface area contributed by atoms with E-state index in [-0.39, 0.29) is 0 Å². The number of allylic oxidation sites excluding steroid dienone is 2. The Morgan fingerprint density at radius 1 is 1.07 bits per heavy atom. The first-order chi connectivity index (χ1) is 13.8. The van der Waals surface area contributed by atoms with Crippen LogP contribution >= 0.6 is 0 Å². The monoisotopic (exact) mass is 403 g/mol. The molecule has 0 saturated heterocycles. The molecular weight excluding hydrogens is 350 g/mol. The molecule has 1 heteroatoms.